The number of aliphatic carboxylic acids is 1. The van der Waals surface area contributed by atoms with Gasteiger partial charge in [0, 0.05) is 71.3 Å². The number of H-pyrrole nitrogens is 2. The molecule has 12 rings (SSSR count). The Hall–Kier alpha value is -11.2. The Bertz CT molecular complexity index is 4680. The number of aromatic carboxylic acids is 1. The Morgan fingerprint density at radius 2 is 0.725 bits per heavy atom. The Morgan fingerprint density at radius 1 is 0.377 bits per heavy atom. The van der Waals surface area contributed by atoms with Crippen LogP contribution in [0.3, 0.4) is 0 Å². The number of amides is 7. The number of carboxylic acid groups (broad SMARTS) is 2. The number of carboxylic acids is 2. The molecule has 37 nitrogen and oxygen atoms in total. The predicted octanol–water partition coefficient (Wildman–Crippen LogP) is 12.5. The van der Waals surface area contributed by atoms with Gasteiger partial charge in [0.25, 0.3) is 5.91 Å². The van der Waals surface area contributed by atoms with Gasteiger partial charge in [-0.3, -0.25) is 43.2 Å². The molecule has 0 radical (unpaired) electrons. The molecule has 4 aromatic rings. The summed E-state index contributed by atoms with van der Waals surface area (Å²) in [4.78, 5) is 199. The van der Waals surface area contributed by atoms with Crippen LogP contribution in [0.25, 0.3) is 21.8 Å². The van der Waals surface area contributed by atoms with Crippen molar-refractivity contribution in [1.82, 2.24) is 47.2 Å². The number of esters is 4. The molecule has 7 amide bonds. The molecular formula is C101H153N11O26. The maximum atomic E-state index is 13.5. The van der Waals surface area contributed by atoms with Crippen molar-refractivity contribution < 1.29 is 125 Å². The van der Waals surface area contributed by atoms with Crippen LogP contribution in [0.15, 0.2) is 48.5 Å². The lowest BCUT2D eigenvalue weighted by molar-refractivity contribution is -0.146. The van der Waals surface area contributed by atoms with Crippen molar-refractivity contribution >= 4 is 117 Å². The number of benzene rings is 2. The maximum Gasteiger partial charge on any atom is 0.408 e. The summed E-state index contributed by atoms with van der Waals surface area (Å²) in [6.07, 6.45) is 31.3. The second-order valence-electron chi connectivity index (χ2n) is 39.6. The fraction of sp³-hybridized carbons (Fsp3) is 0.683. The van der Waals surface area contributed by atoms with E-state index in [2.05, 4.69) is 51.9 Å². The van der Waals surface area contributed by atoms with Crippen molar-refractivity contribution in [1.29, 1.82) is 0 Å². The number of aromatic amines is 2. The Balaban J connectivity index is 0.000000234. The normalized spacial score (nSPS) is 20.3. The van der Waals surface area contributed by atoms with Crippen LogP contribution in [-0.4, -0.2) is 224 Å². The summed E-state index contributed by atoms with van der Waals surface area (Å²) in [6.45, 7) is 11.2. The molecule has 12 atom stereocenters. The minimum atomic E-state index is -0.989. The zero-order valence-corrected chi connectivity index (χ0v) is 82.8. The largest absolute Gasteiger partial charge is 0.496 e. The van der Waals surface area contributed by atoms with E-state index in [1.54, 1.807) is 74.0 Å². The van der Waals surface area contributed by atoms with E-state index in [0.717, 1.165) is 144 Å². The monoisotopic (exact) mass is 1940 g/mol. The molecule has 0 bridgehead atoms. The zero-order chi connectivity index (χ0) is 101. The predicted molar refractivity (Wildman–Crippen MR) is 513 cm³/mol. The number of Topliss-reactive ketones (excluding diaryl/α,β-unsaturated/α-hetero) is 3. The van der Waals surface area contributed by atoms with Gasteiger partial charge in [0.1, 0.15) is 93.7 Å². The van der Waals surface area contributed by atoms with Gasteiger partial charge in [-0.2, -0.15) is 0 Å². The SMILES string of the molecule is CC(C)(C)OC(=O)N[C@@H](CC1CCCCC1)C(=O)O.COC(=O)[C@@H](N)C[C@@H]1CCNC1=O.COC(=O)[C@H](C[C@@H]1CCCC1=O)NC(=O)[C@@H](N)CC1CCCCC1.COC(=O)[C@H](C[C@@H]1CCCC1=O)NC(=O)[C@H](CC1CCCCC1)NC(=O)OC(C)(C)C.COC(=O)[C@H](C[C@@H]1CCCC1=O)NC(=O)[C@H](CC1CCCCC1)NC(=O)c1cc2c(OC)cccc2[nH]1.COc1cccc2[nH]c(C(=O)O)cc12. The number of nitrogens with one attached hydrogen (secondary N) is 9. The number of fused-ring (bicyclic) bond motifs is 2. The van der Waals surface area contributed by atoms with Gasteiger partial charge in [-0.25, -0.2) is 33.6 Å². The number of hydrogen-bond donors (Lipinski definition) is 13. The van der Waals surface area contributed by atoms with Gasteiger partial charge >= 0.3 is 48.0 Å². The van der Waals surface area contributed by atoms with E-state index < -0.39 is 125 Å². The minimum absolute atomic E-state index is 0.0145. The summed E-state index contributed by atoms with van der Waals surface area (Å²) in [6, 6.07) is 7.77. The van der Waals surface area contributed by atoms with Gasteiger partial charge in [-0.15, -0.1) is 0 Å². The van der Waals surface area contributed by atoms with Crippen molar-refractivity contribution in [2.24, 2.45) is 58.8 Å². The van der Waals surface area contributed by atoms with Gasteiger partial charge in [0.05, 0.1) is 48.7 Å². The first-order chi connectivity index (χ1) is 65.6. The minimum Gasteiger partial charge on any atom is -0.496 e. The molecule has 15 N–H and O–H groups in total. The van der Waals surface area contributed by atoms with E-state index in [1.165, 1.54) is 67.0 Å². The summed E-state index contributed by atoms with van der Waals surface area (Å²) in [7, 11) is 8.24. The number of carbonyl (C=O) groups excluding carboxylic acids is 14. The number of aromatic nitrogens is 2. The van der Waals surface area contributed by atoms with Gasteiger partial charge < -0.3 is 107 Å². The van der Waals surface area contributed by atoms with Crippen molar-refractivity contribution in [3.05, 3.63) is 59.9 Å². The molecule has 768 valence electrons. The lowest BCUT2D eigenvalue weighted by atomic mass is 9.84. The third-order valence-corrected chi connectivity index (χ3v) is 26.8. The van der Waals surface area contributed by atoms with Crippen LogP contribution in [-0.2, 0) is 86.0 Å². The molecule has 8 aliphatic rings. The van der Waals surface area contributed by atoms with Crippen LogP contribution in [0, 0.1) is 47.3 Å². The lowest BCUT2D eigenvalue weighted by Crippen LogP contribution is -2.53. The Kier molecular flexibility index (Phi) is 47.3. The van der Waals surface area contributed by atoms with Gasteiger partial charge in [-0.05, 0) is 198 Å². The maximum absolute atomic E-state index is 13.5. The third kappa shape index (κ3) is 38.5. The van der Waals surface area contributed by atoms with Crippen molar-refractivity contribution in [3.8, 4) is 11.5 Å². The molecule has 2 aromatic heterocycles. The molecule has 0 spiro atoms. The van der Waals surface area contributed by atoms with E-state index in [1.807, 2.05) is 30.3 Å². The highest BCUT2D eigenvalue weighted by Crippen LogP contribution is 2.36. The fourth-order valence-corrected chi connectivity index (χ4v) is 19.4. The fourth-order valence-electron chi connectivity index (χ4n) is 19.4. The van der Waals surface area contributed by atoms with Crippen molar-refractivity contribution in [3.63, 3.8) is 0 Å². The van der Waals surface area contributed by atoms with E-state index in [-0.39, 0.29) is 71.4 Å². The first-order valence-electron chi connectivity index (χ1n) is 49.3. The first-order valence-corrected chi connectivity index (χ1v) is 49.3. The zero-order valence-electron chi connectivity index (χ0n) is 82.8. The van der Waals surface area contributed by atoms with Crippen LogP contribution >= 0.6 is 0 Å². The second kappa shape index (κ2) is 57.3. The number of nitrogens with two attached hydrogens (primary N) is 2. The van der Waals surface area contributed by atoms with Crippen molar-refractivity contribution in [2.45, 2.75) is 345 Å². The van der Waals surface area contributed by atoms with Gasteiger partial charge in [0.15, 0.2) is 0 Å². The Morgan fingerprint density at radius 3 is 1.06 bits per heavy atom. The second-order valence-corrected chi connectivity index (χ2v) is 39.6. The number of methoxy groups -OCH3 is 6. The van der Waals surface area contributed by atoms with E-state index in [4.69, 9.17) is 49.7 Å². The average molecular weight is 1940 g/mol. The summed E-state index contributed by atoms with van der Waals surface area (Å²) in [5, 5.41) is 38.5. The summed E-state index contributed by atoms with van der Waals surface area (Å²) in [5.74, 6) is -3.28. The number of alkyl carbamates (subject to hydrolysis) is 2. The summed E-state index contributed by atoms with van der Waals surface area (Å²) >= 11 is 0. The first kappa shape index (κ1) is 114. The van der Waals surface area contributed by atoms with Crippen LogP contribution in [0.1, 0.15) is 307 Å². The average Bonchev–Trinajstić information content (AvgIpc) is 1.66. The highest BCUT2D eigenvalue weighted by atomic mass is 16.6. The molecule has 138 heavy (non-hydrogen) atoms. The number of hydrogen-bond acceptors (Lipinski definition) is 26. The van der Waals surface area contributed by atoms with Crippen LogP contribution in [0.5, 0.6) is 11.5 Å². The topological polar surface area (TPSA) is 555 Å². The lowest BCUT2D eigenvalue weighted by Gasteiger charge is -2.29. The highest BCUT2D eigenvalue weighted by molar-refractivity contribution is 6.02. The molecule has 7 aliphatic carbocycles. The molecule has 1 aliphatic heterocycles. The standard InChI is InChI=1S/C28H37N3O6.C23H38N2O6.C18H30N2O4.C14H25NO4.C10H9NO3.C8H14N2O3/c1-36-25-13-7-11-20-19(25)16-22(29-20)27(34)30-21(14-17-8-4-3-5-9-17)26(33)31-23(28(35)37-2)15-18-10-6-12-24(18)32;1-23(2,3)31-22(29)25-17(13-15-9-6-5-7-10-15)20(27)24-18(21(28)30-4)14-16-11-8-12-19(16)26;1-24-18(23)15(11-13-8-5-9-16(13)21)20-17(22)14(19)10-12-6-3-2-4-7-12;1-14(2,3)19-13(18)15-11(12(16)17)9-10-7-5-4-6-8-10;1-14-9-4-2-3-7-6(9)5-8(11-7)10(12)13;1-13-8(12)6(9)4-5-2-3-10-7(5)11/h7,11,13,16-18,21,23,29H,3-6,8-10,12,14-15H2,1-2H3,(H,30,34)(H,31,33);15-18H,5-14H2,1-4H3,(H,24,27)(H,25,29);12-15H,2-11,19H2,1H3,(H,20,22);10-11H,4-9H2,1-3H3,(H,15,18)(H,16,17);2-5,11H,1H3,(H,12,13);5-6H,2-4,9H2,1H3,(H,10,11)/t18-,21-,23-;16-,17-,18-;13-,14-,15-;11-;;5-,6-/m0000.0/s1. The Labute approximate surface area is 809 Å². The molecule has 8 fully saturated rings. The van der Waals surface area contributed by atoms with Crippen molar-refractivity contribution in [2.75, 3.05) is 49.2 Å². The molecule has 1 saturated heterocycles. The summed E-state index contributed by atoms with van der Waals surface area (Å²) < 4.78 is 40.0. The van der Waals surface area contributed by atoms with Crippen LogP contribution in [0.4, 0.5) is 9.59 Å². The number of carbonyl (C=O) groups is 16. The van der Waals surface area contributed by atoms with E-state index in [9.17, 15) is 81.8 Å². The molecule has 3 heterocycles. The van der Waals surface area contributed by atoms with Gasteiger partial charge in [0.2, 0.25) is 23.6 Å². The smallest absolute Gasteiger partial charge is 0.408 e. The highest BCUT2D eigenvalue weighted by Gasteiger charge is 2.40. The number of ether oxygens (including phenoxy) is 8. The molecular weight excluding hydrogens is 1780 g/mol. The molecule has 37 heteroatoms. The third-order valence-electron chi connectivity index (χ3n) is 26.8. The van der Waals surface area contributed by atoms with Crippen LogP contribution < -0.4 is 58.2 Å². The van der Waals surface area contributed by atoms with Gasteiger partial charge in [-0.1, -0.05) is 141 Å². The van der Waals surface area contributed by atoms with Crippen LogP contribution in [0.2, 0.25) is 0 Å². The van der Waals surface area contributed by atoms with E-state index in [0.29, 0.717) is 118 Å². The molecule has 7 saturated carbocycles. The summed E-state index contributed by atoms with van der Waals surface area (Å²) in [5.41, 5.74) is 12.3. The molecule has 0 unspecified atom stereocenters. The molecule has 2 aromatic carbocycles. The van der Waals surface area contributed by atoms with E-state index >= 15 is 0 Å². The quantitative estimate of drug-likeness (QED) is 0.0153. The number of rotatable bonds is 34. The number of ketones is 3.